The van der Waals surface area contributed by atoms with Gasteiger partial charge in [0.05, 0.1) is 92.5 Å². The van der Waals surface area contributed by atoms with Crippen LogP contribution in [0.1, 0.15) is 362 Å². The van der Waals surface area contributed by atoms with Crippen molar-refractivity contribution in [2.75, 3.05) is 92.5 Å². The topological polar surface area (TPSA) is 226 Å². The third kappa shape index (κ3) is 132. The molecule has 8 atom stereocenters. The van der Waals surface area contributed by atoms with E-state index in [-0.39, 0.29) is 257 Å². The summed E-state index contributed by atoms with van der Waals surface area (Å²) in [6, 6.07) is 0. The molecular weight excluding hydrogens is 1310 g/mol. The average Bonchev–Trinajstić information content (AvgIpc) is 3.36. The number of aliphatic hydroxyl groups is 8. The van der Waals surface area contributed by atoms with Gasteiger partial charge in [0.25, 0.3) is 0 Å². The Hall–Kier alpha value is -2.80. The highest BCUT2D eigenvalue weighted by molar-refractivity contribution is 5.21. The lowest BCUT2D eigenvalue weighted by molar-refractivity contribution is -0.0281. The molecule has 0 heterocycles. The molecule has 0 aromatic heterocycles. The first-order valence-corrected chi connectivity index (χ1v) is 29.0. The Morgan fingerprint density at radius 1 is 0.308 bits per heavy atom. The van der Waals surface area contributed by atoms with E-state index in [1.165, 1.54) is 0 Å². The normalized spacial score (nSPS) is 12.1. The van der Waals surface area contributed by atoms with Crippen molar-refractivity contribution in [1.29, 1.82) is 0 Å². The van der Waals surface area contributed by atoms with Gasteiger partial charge in [-0.05, 0) is 143 Å². The molecule has 0 bridgehead atoms. The van der Waals surface area contributed by atoms with Crippen LogP contribution in [0.25, 0.3) is 0 Å². The first kappa shape index (κ1) is 195. The molecule has 0 aromatic carbocycles. The molecule has 0 fully saturated rings. The Bertz CT molecular complexity index is 1680. The maximum absolute atomic E-state index is 9.33. The van der Waals surface area contributed by atoms with Crippen molar-refractivity contribution in [3.8, 4) is 60.2 Å². The molecule has 0 aromatic rings. The van der Waals surface area contributed by atoms with E-state index in [0.717, 1.165) is 44.9 Å². The number of hydrogen-bond acceptors (Lipinski definition) is 15. The Balaban J connectivity index is -0.0000000245. The van der Waals surface area contributed by atoms with Gasteiger partial charge >= 0.3 is 0 Å². The van der Waals surface area contributed by atoms with Gasteiger partial charge in [0.15, 0.2) is 0 Å². The highest BCUT2D eigenvalue weighted by Crippen LogP contribution is 2.29. The fraction of sp³-hybridized carbons (Fsp3) is 0.888. The Labute approximate surface area is 666 Å². The molecular formula is C89H216O15. The van der Waals surface area contributed by atoms with Crippen LogP contribution in [0, 0.1) is 95.7 Å². The third-order valence-electron chi connectivity index (χ3n) is 11.0. The molecule has 104 heavy (non-hydrogen) atoms. The monoisotopic (exact) mass is 1530 g/mol. The second kappa shape index (κ2) is 114. The minimum Gasteiger partial charge on any atom is -0.394 e. The van der Waals surface area contributed by atoms with Gasteiger partial charge in [0, 0.05) is 0 Å². The highest BCUT2D eigenvalue weighted by atomic mass is 16.5. The number of rotatable bonds is 34. The summed E-state index contributed by atoms with van der Waals surface area (Å²) >= 11 is 0. The lowest BCUT2D eigenvalue weighted by Crippen LogP contribution is -2.35. The summed E-state index contributed by atoms with van der Waals surface area (Å²) < 4.78 is 38.3. The zero-order chi connectivity index (χ0) is 63.1. The fourth-order valence-corrected chi connectivity index (χ4v) is 8.20. The molecule has 0 amide bonds. The summed E-state index contributed by atoms with van der Waals surface area (Å²) in [5.74, 6) is 26.4. The second-order valence-corrected chi connectivity index (χ2v) is 23.7. The molecule has 15 heteroatoms. The molecule has 0 saturated carbocycles. The summed E-state index contributed by atoms with van der Waals surface area (Å²) in [6.07, 6.45) is 16.6. The average molecular weight is 1530 g/mol. The quantitative estimate of drug-likeness (QED) is 0.0280. The van der Waals surface area contributed by atoms with Crippen LogP contribution in [0.5, 0.6) is 0 Å². The van der Waals surface area contributed by atoms with Crippen LogP contribution in [0.15, 0.2) is 0 Å². The smallest absolute Gasteiger partial charge is 0.126 e. The predicted molar refractivity (Wildman–Crippen MR) is 487 cm³/mol. The van der Waals surface area contributed by atoms with Crippen molar-refractivity contribution >= 4 is 0 Å². The van der Waals surface area contributed by atoms with E-state index < -0.39 is 33.6 Å². The molecule has 0 spiro atoms. The van der Waals surface area contributed by atoms with Crippen LogP contribution in [0.4, 0.5) is 0 Å². The molecule has 0 saturated heterocycles. The maximum Gasteiger partial charge on any atom is 0.126 e. The fourth-order valence-electron chi connectivity index (χ4n) is 8.20. The van der Waals surface area contributed by atoms with Crippen LogP contribution in [0.3, 0.4) is 0 Å². The van der Waals surface area contributed by atoms with Crippen LogP contribution in [-0.2, 0) is 33.2 Å². The molecule has 0 aliphatic carbocycles. The predicted octanol–water partition coefficient (Wildman–Crippen LogP) is 23.5. The SMILES string of the molecule is C.C.C.C.C.C.C.C.C.C.C.C.C.C.C.C.C.C.C.C.C.C.C.C.C#CC(C)(CC(C)C)OCCO.C#CC(C)(CC(C)C)OCCO.CC(C)(O)C#CC(C)(C)OCCO.CC(C)CC(C)CC(C)(C#CC(C)(CC(C)CC(C)C)OCCO)OCCO.CCC(C#CC(C)OCCO)OCCO. The van der Waals surface area contributed by atoms with E-state index in [1.54, 1.807) is 27.7 Å². The van der Waals surface area contributed by atoms with Gasteiger partial charge in [-0.15, -0.1) is 12.8 Å². The van der Waals surface area contributed by atoms with Crippen molar-refractivity contribution < 1.29 is 74.0 Å². The van der Waals surface area contributed by atoms with Crippen molar-refractivity contribution in [3.63, 3.8) is 0 Å². The number of ether oxygens (including phenoxy) is 7. The molecule has 0 radical (unpaired) electrons. The Morgan fingerprint density at radius 2 is 0.558 bits per heavy atom. The lowest BCUT2D eigenvalue weighted by atomic mass is 9.85. The van der Waals surface area contributed by atoms with Crippen molar-refractivity contribution in [3.05, 3.63) is 0 Å². The van der Waals surface area contributed by atoms with Crippen molar-refractivity contribution in [1.82, 2.24) is 0 Å². The minimum atomic E-state index is -1.00. The summed E-state index contributed by atoms with van der Waals surface area (Å²) in [7, 11) is 0. The van der Waals surface area contributed by atoms with Gasteiger partial charge in [0.2, 0.25) is 0 Å². The molecule has 0 aliphatic heterocycles. The van der Waals surface area contributed by atoms with E-state index in [0.29, 0.717) is 61.9 Å². The maximum atomic E-state index is 9.33. The van der Waals surface area contributed by atoms with Crippen LogP contribution in [0.2, 0.25) is 0 Å². The number of hydrogen-bond donors (Lipinski definition) is 8. The van der Waals surface area contributed by atoms with Crippen molar-refractivity contribution in [2.45, 2.75) is 407 Å². The lowest BCUT2D eigenvalue weighted by Gasteiger charge is -2.31. The summed E-state index contributed by atoms with van der Waals surface area (Å²) in [5, 5.41) is 70.6. The van der Waals surface area contributed by atoms with Gasteiger partial charge in [0.1, 0.15) is 45.8 Å². The molecule has 662 valence electrons. The van der Waals surface area contributed by atoms with Gasteiger partial charge < -0.3 is 74.0 Å². The number of aliphatic hydroxyl groups excluding tert-OH is 7. The van der Waals surface area contributed by atoms with E-state index >= 15 is 0 Å². The van der Waals surface area contributed by atoms with E-state index in [9.17, 15) is 15.3 Å². The van der Waals surface area contributed by atoms with E-state index in [4.69, 9.17) is 71.5 Å². The number of terminal acetylenes is 2. The summed E-state index contributed by atoms with van der Waals surface area (Å²) in [6.45, 7) is 42.2. The molecule has 15 nitrogen and oxygen atoms in total. The first-order chi connectivity index (χ1) is 37.0. The van der Waals surface area contributed by atoms with Gasteiger partial charge in [-0.25, -0.2) is 0 Å². The van der Waals surface area contributed by atoms with E-state index in [1.807, 2.05) is 41.5 Å². The standard InChI is InChI=1S/C24H46O4.C11H20O4.C10H18O3.2C10H18O2.24CH4/c1-19(2)15-21(5)17-23(7,27-13-11-25)9-10-24(8,28-14-12-26)18-22(6)16-20(3)4;1-3-11(15-9-7-13)5-4-10(2)14-8-6-12;1-9(2,12)5-6-10(3,4)13-8-7-11;2*1-5-10(4,8-9(2)3)12-7-6-11;;;;;;;;;;;;;;;;;;;;;;;;/h19-22,25-26H,11-18H2,1-8H3;10-13H,3,6-9H2,1-2H3;11-12H,7-8H2,1-4H3;2*1,9,11H,6-8H2,2-4H3;24*1H4. The summed E-state index contributed by atoms with van der Waals surface area (Å²) in [4.78, 5) is 0. The zero-order valence-electron chi connectivity index (χ0n) is 54.1. The van der Waals surface area contributed by atoms with E-state index in [2.05, 4.69) is 117 Å². The Kier molecular flexibility index (Phi) is 213. The molecule has 8 unspecified atom stereocenters. The third-order valence-corrected chi connectivity index (χ3v) is 11.0. The zero-order valence-corrected chi connectivity index (χ0v) is 54.1. The second-order valence-electron chi connectivity index (χ2n) is 23.7. The summed E-state index contributed by atoms with van der Waals surface area (Å²) in [5.41, 5.74) is -3.90. The first-order valence-electron chi connectivity index (χ1n) is 29.0. The largest absolute Gasteiger partial charge is 0.394 e. The van der Waals surface area contributed by atoms with Crippen molar-refractivity contribution in [2.24, 2.45) is 35.5 Å². The molecule has 8 N–H and O–H groups in total. The van der Waals surface area contributed by atoms with Crippen LogP contribution >= 0.6 is 0 Å². The molecule has 0 rings (SSSR count). The van der Waals surface area contributed by atoms with Gasteiger partial charge in [-0.1, -0.05) is 302 Å². The Morgan fingerprint density at radius 3 is 0.779 bits per heavy atom. The van der Waals surface area contributed by atoms with Gasteiger partial charge in [-0.2, -0.15) is 0 Å². The van der Waals surface area contributed by atoms with Gasteiger partial charge in [-0.3, -0.25) is 0 Å². The van der Waals surface area contributed by atoms with Crippen LogP contribution in [-0.4, -0.2) is 179 Å². The van der Waals surface area contributed by atoms with Crippen LogP contribution < -0.4 is 0 Å². The molecule has 0 aliphatic rings. The highest BCUT2D eigenvalue weighted by Gasteiger charge is 2.30. The minimum absolute atomic E-state index is 0.